The van der Waals surface area contributed by atoms with Crippen molar-refractivity contribution in [2.24, 2.45) is 11.8 Å². The van der Waals surface area contributed by atoms with Crippen molar-refractivity contribution in [3.63, 3.8) is 0 Å². The molecule has 0 spiro atoms. The van der Waals surface area contributed by atoms with Crippen LogP contribution in [0.25, 0.3) is 0 Å². The average Bonchev–Trinajstić information content (AvgIpc) is 3.03. The third kappa shape index (κ3) is 5.01. The summed E-state index contributed by atoms with van der Waals surface area (Å²) in [5, 5.41) is 11.4. The zero-order valence-electron chi connectivity index (χ0n) is 14.0. The van der Waals surface area contributed by atoms with Gasteiger partial charge in [0.2, 0.25) is 0 Å². The topological polar surface area (TPSA) is 88.1 Å². The van der Waals surface area contributed by atoms with Crippen LogP contribution in [-0.4, -0.2) is 61.6 Å². The summed E-state index contributed by atoms with van der Waals surface area (Å²) in [5.41, 5.74) is 0.358. The number of urea groups is 1. The molecule has 7 nitrogen and oxygen atoms in total. The van der Waals surface area contributed by atoms with E-state index in [1.807, 2.05) is 0 Å². The smallest absolute Gasteiger partial charge is 0.394 e. The van der Waals surface area contributed by atoms with E-state index >= 15 is 0 Å². The summed E-state index contributed by atoms with van der Waals surface area (Å²) in [7, 11) is 1.54. The molecule has 0 aliphatic carbocycles. The summed E-state index contributed by atoms with van der Waals surface area (Å²) < 4.78 is 49.1. The van der Waals surface area contributed by atoms with Gasteiger partial charge in [0.05, 0.1) is 18.4 Å². The zero-order chi connectivity index (χ0) is 19.3. The predicted octanol–water partition coefficient (Wildman–Crippen LogP) is 2.44. The molecule has 2 amide bonds. The summed E-state index contributed by atoms with van der Waals surface area (Å²) in [6, 6.07) is 5.47. The fourth-order valence-electron chi connectivity index (χ4n) is 2.63. The second-order valence-corrected chi connectivity index (χ2v) is 5.79. The maximum absolute atomic E-state index is 13.0. The van der Waals surface area contributed by atoms with Crippen LogP contribution < -0.4 is 10.1 Å². The molecule has 10 heteroatoms. The molecular formula is C16H19F3N2O5. The summed E-state index contributed by atoms with van der Waals surface area (Å²) in [5.74, 6) is -4.77. The maximum Gasteiger partial charge on any atom is 0.394 e. The van der Waals surface area contributed by atoms with Gasteiger partial charge in [-0.15, -0.1) is 0 Å². The van der Waals surface area contributed by atoms with Gasteiger partial charge in [-0.3, -0.25) is 4.79 Å². The van der Waals surface area contributed by atoms with Crippen LogP contribution in [0, 0.1) is 11.8 Å². The number of carboxylic acid groups (broad SMARTS) is 1. The Kier molecular flexibility index (Phi) is 6.30. The van der Waals surface area contributed by atoms with Gasteiger partial charge >= 0.3 is 18.2 Å². The van der Waals surface area contributed by atoms with Crippen LogP contribution in [0.15, 0.2) is 24.3 Å². The van der Waals surface area contributed by atoms with E-state index in [0.717, 1.165) is 4.90 Å². The molecule has 1 aliphatic rings. The minimum absolute atomic E-state index is 0.353. The van der Waals surface area contributed by atoms with Crippen molar-refractivity contribution in [3.8, 4) is 5.75 Å². The molecule has 1 saturated heterocycles. The van der Waals surface area contributed by atoms with Crippen molar-refractivity contribution in [1.82, 2.24) is 4.90 Å². The number of nitrogens with zero attached hydrogens (tertiary/aromatic N) is 1. The second kappa shape index (κ2) is 8.26. The maximum atomic E-state index is 13.0. The monoisotopic (exact) mass is 376 g/mol. The van der Waals surface area contributed by atoms with Crippen LogP contribution in [0.4, 0.5) is 23.7 Å². The van der Waals surface area contributed by atoms with Gasteiger partial charge in [0, 0.05) is 25.9 Å². The van der Waals surface area contributed by atoms with Crippen molar-refractivity contribution >= 4 is 17.7 Å². The lowest BCUT2D eigenvalue weighted by Gasteiger charge is -2.18. The molecule has 0 aromatic heterocycles. The minimum Gasteiger partial charge on any atom is -0.491 e. The summed E-state index contributed by atoms with van der Waals surface area (Å²) in [4.78, 5) is 24.1. The van der Waals surface area contributed by atoms with Crippen LogP contribution in [0.3, 0.4) is 0 Å². The highest BCUT2D eigenvalue weighted by Gasteiger charge is 2.53. The molecule has 2 N–H and O–H groups in total. The number of hydrogen-bond acceptors (Lipinski definition) is 4. The van der Waals surface area contributed by atoms with E-state index < -0.39 is 43.1 Å². The van der Waals surface area contributed by atoms with Crippen LogP contribution >= 0.6 is 0 Å². The van der Waals surface area contributed by atoms with Crippen molar-refractivity contribution in [2.45, 2.75) is 6.18 Å². The van der Waals surface area contributed by atoms with Gasteiger partial charge in [0.25, 0.3) is 0 Å². The van der Waals surface area contributed by atoms with E-state index in [2.05, 4.69) is 5.32 Å². The zero-order valence-corrected chi connectivity index (χ0v) is 14.0. The van der Waals surface area contributed by atoms with E-state index in [1.165, 1.54) is 12.1 Å². The molecule has 1 aliphatic heterocycles. The van der Waals surface area contributed by atoms with Gasteiger partial charge in [-0.2, -0.15) is 13.2 Å². The van der Waals surface area contributed by atoms with Gasteiger partial charge in [0.1, 0.15) is 12.4 Å². The molecule has 1 aromatic rings. The first-order valence-electron chi connectivity index (χ1n) is 7.79. The highest BCUT2D eigenvalue weighted by Crippen LogP contribution is 2.37. The third-order valence-corrected chi connectivity index (χ3v) is 4.01. The lowest BCUT2D eigenvalue weighted by Crippen LogP contribution is -2.35. The van der Waals surface area contributed by atoms with Gasteiger partial charge in [-0.1, -0.05) is 0 Å². The number of carbonyl (C=O) groups is 2. The first-order valence-corrected chi connectivity index (χ1v) is 7.79. The molecule has 0 unspecified atom stereocenters. The number of amides is 2. The fourth-order valence-corrected chi connectivity index (χ4v) is 2.63. The van der Waals surface area contributed by atoms with Crippen molar-refractivity contribution < 1.29 is 37.3 Å². The number of nitrogens with one attached hydrogen (secondary N) is 1. The normalized spacial score (nSPS) is 20.1. The lowest BCUT2D eigenvalue weighted by atomic mass is 9.96. The number of aliphatic carboxylic acids is 1. The lowest BCUT2D eigenvalue weighted by molar-refractivity contribution is -0.187. The van der Waals surface area contributed by atoms with Gasteiger partial charge < -0.3 is 24.8 Å². The van der Waals surface area contributed by atoms with Crippen LogP contribution in [0.5, 0.6) is 5.75 Å². The number of ether oxygens (including phenoxy) is 2. The SMILES string of the molecule is COCCOc1ccc(NC(=O)N2C[C@@H](C(F)(F)F)[C@H](C(=O)O)C2)cc1. The number of halogens is 3. The number of likely N-dealkylation sites (tertiary alicyclic amines) is 1. The number of alkyl halides is 3. The van der Waals surface area contributed by atoms with E-state index in [0.29, 0.717) is 24.7 Å². The van der Waals surface area contributed by atoms with E-state index in [-0.39, 0.29) is 0 Å². The number of anilines is 1. The fraction of sp³-hybridized carbons (Fsp3) is 0.500. The Morgan fingerprint density at radius 3 is 2.38 bits per heavy atom. The number of carboxylic acids is 1. The molecule has 0 radical (unpaired) electrons. The van der Waals surface area contributed by atoms with Gasteiger partial charge in [-0.05, 0) is 24.3 Å². The number of carbonyl (C=O) groups excluding carboxylic acids is 1. The Labute approximate surface area is 147 Å². The third-order valence-electron chi connectivity index (χ3n) is 4.01. The molecule has 1 fully saturated rings. The number of methoxy groups -OCH3 is 1. The van der Waals surface area contributed by atoms with Crippen LogP contribution in [0.2, 0.25) is 0 Å². The summed E-state index contributed by atoms with van der Waals surface area (Å²) >= 11 is 0. The van der Waals surface area contributed by atoms with Crippen molar-refractivity contribution in [3.05, 3.63) is 24.3 Å². The Hall–Kier alpha value is -2.49. The molecule has 2 rings (SSSR count). The predicted molar refractivity (Wildman–Crippen MR) is 85.1 cm³/mol. The molecule has 0 saturated carbocycles. The molecule has 0 bridgehead atoms. The first-order chi connectivity index (χ1) is 12.2. The minimum atomic E-state index is -4.68. The van der Waals surface area contributed by atoms with E-state index in [4.69, 9.17) is 14.6 Å². The Morgan fingerprint density at radius 2 is 1.88 bits per heavy atom. The Bertz CT molecular complexity index is 636. The van der Waals surface area contributed by atoms with Gasteiger partial charge in [0.15, 0.2) is 0 Å². The number of rotatable bonds is 6. The molecule has 26 heavy (non-hydrogen) atoms. The highest BCUT2D eigenvalue weighted by molar-refractivity contribution is 5.90. The summed E-state index contributed by atoms with van der Waals surface area (Å²) in [6.07, 6.45) is -4.68. The number of hydrogen-bond donors (Lipinski definition) is 2. The quantitative estimate of drug-likeness (QED) is 0.745. The number of benzene rings is 1. The van der Waals surface area contributed by atoms with Crippen molar-refractivity contribution in [1.29, 1.82) is 0 Å². The Morgan fingerprint density at radius 1 is 1.23 bits per heavy atom. The van der Waals surface area contributed by atoms with Gasteiger partial charge in [-0.25, -0.2) is 4.79 Å². The largest absolute Gasteiger partial charge is 0.491 e. The Balaban J connectivity index is 1.96. The molecule has 144 valence electrons. The van der Waals surface area contributed by atoms with Crippen LogP contribution in [-0.2, 0) is 9.53 Å². The van der Waals surface area contributed by atoms with Crippen LogP contribution in [0.1, 0.15) is 0 Å². The molecule has 1 aromatic carbocycles. The molecular weight excluding hydrogens is 357 g/mol. The molecule has 1 heterocycles. The summed E-state index contributed by atoms with van der Waals surface area (Å²) in [6.45, 7) is -0.419. The van der Waals surface area contributed by atoms with E-state index in [9.17, 15) is 22.8 Å². The standard InChI is InChI=1S/C16H19F3N2O5/c1-25-6-7-26-11-4-2-10(3-5-11)20-15(24)21-8-12(14(22)23)13(9-21)16(17,18)19/h2-5,12-13H,6-9H2,1H3,(H,20,24)(H,22,23)/t12-,13-/m1/s1. The first kappa shape index (κ1) is 19.8. The second-order valence-electron chi connectivity index (χ2n) is 5.79. The average molecular weight is 376 g/mol. The van der Waals surface area contributed by atoms with E-state index in [1.54, 1.807) is 19.2 Å². The highest BCUT2D eigenvalue weighted by atomic mass is 19.4. The molecule has 2 atom stereocenters. The van der Waals surface area contributed by atoms with Crippen molar-refractivity contribution in [2.75, 3.05) is 38.7 Å².